The second kappa shape index (κ2) is 3.78. The summed E-state index contributed by atoms with van der Waals surface area (Å²) in [6, 6.07) is 5.37. The van der Waals surface area contributed by atoms with E-state index in [9.17, 15) is 0 Å². The minimum Gasteiger partial charge on any atom is -0.439 e. The number of aromatic nitrogens is 3. The molecule has 3 rings (SSSR count). The van der Waals surface area contributed by atoms with E-state index in [0.29, 0.717) is 28.7 Å². The lowest BCUT2D eigenvalue weighted by molar-refractivity contribution is 0.492. The predicted molar refractivity (Wildman–Crippen MR) is 64.8 cm³/mol. The van der Waals surface area contributed by atoms with Crippen LogP contribution in [0.4, 0.5) is 5.69 Å². The molecule has 2 aromatic heterocycles. The summed E-state index contributed by atoms with van der Waals surface area (Å²) in [7, 11) is 0. The second-order valence-electron chi connectivity index (χ2n) is 3.69. The predicted octanol–water partition coefficient (Wildman–Crippen LogP) is 2.31. The van der Waals surface area contributed by atoms with E-state index in [1.165, 1.54) is 0 Å². The van der Waals surface area contributed by atoms with Crippen LogP contribution in [0.2, 0.25) is 5.02 Å². The highest BCUT2D eigenvalue weighted by molar-refractivity contribution is 6.30. The van der Waals surface area contributed by atoms with Crippen LogP contribution in [0.3, 0.4) is 0 Å². The zero-order valence-corrected chi connectivity index (χ0v) is 9.55. The number of hydrogen-bond donors (Lipinski definition) is 1. The van der Waals surface area contributed by atoms with Crippen LogP contribution >= 0.6 is 11.6 Å². The van der Waals surface area contributed by atoms with Gasteiger partial charge in [0.25, 0.3) is 0 Å². The van der Waals surface area contributed by atoms with Crippen molar-refractivity contribution >= 4 is 28.4 Å². The van der Waals surface area contributed by atoms with Crippen molar-refractivity contribution in [2.75, 3.05) is 5.73 Å². The van der Waals surface area contributed by atoms with Crippen molar-refractivity contribution in [1.29, 1.82) is 0 Å². The first-order valence-corrected chi connectivity index (χ1v) is 5.41. The van der Waals surface area contributed by atoms with Gasteiger partial charge in [0.05, 0.1) is 11.2 Å². The Morgan fingerprint density at radius 3 is 3.06 bits per heavy atom. The minimum absolute atomic E-state index is 0.446. The Morgan fingerprint density at radius 2 is 2.29 bits per heavy atom. The van der Waals surface area contributed by atoms with Crippen LogP contribution in [0.1, 0.15) is 5.89 Å². The summed E-state index contributed by atoms with van der Waals surface area (Å²) in [6.07, 6.45) is 3.28. The molecular weight excluding hydrogens is 240 g/mol. The minimum atomic E-state index is 0.446. The third-order valence-electron chi connectivity index (χ3n) is 2.36. The van der Waals surface area contributed by atoms with Gasteiger partial charge < -0.3 is 10.2 Å². The highest BCUT2D eigenvalue weighted by atomic mass is 35.5. The van der Waals surface area contributed by atoms with Crippen LogP contribution < -0.4 is 5.73 Å². The van der Waals surface area contributed by atoms with Crippen molar-refractivity contribution < 1.29 is 4.42 Å². The Morgan fingerprint density at radius 1 is 1.41 bits per heavy atom. The maximum Gasteiger partial charge on any atom is 0.217 e. The number of halogens is 1. The normalized spacial score (nSPS) is 11.1. The quantitative estimate of drug-likeness (QED) is 0.707. The van der Waals surface area contributed by atoms with E-state index in [0.717, 1.165) is 5.52 Å². The average molecular weight is 249 g/mol. The third-order valence-corrected chi connectivity index (χ3v) is 2.55. The van der Waals surface area contributed by atoms with E-state index < -0.39 is 0 Å². The largest absolute Gasteiger partial charge is 0.439 e. The number of nitrogens with zero attached hydrogens (tertiary/aromatic N) is 3. The Kier molecular flexibility index (Phi) is 2.26. The standard InChI is InChI=1S/C11H9ClN4O/c12-7-4-14-16(5-7)6-11-15-9-2-1-8(13)3-10(9)17-11/h1-5H,6,13H2. The molecule has 0 saturated carbocycles. The number of benzene rings is 1. The van der Waals surface area contributed by atoms with Crippen LogP contribution in [0.5, 0.6) is 0 Å². The van der Waals surface area contributed by atoms with Crippen molar-refractivity contribution in [2.45, 2.75) is 6.54 Å². The summed E-state index contributed by atoms with van der Waals surface area (Å²) in [5.41, 5.74) is 7.78. The van der Waals surface area contributed by atoms with Gasteiger partial charge in [-0.2, -0.15) is 5.10 Å². The fraction of sp³-hybridized carbons (Fsp3) is 0.0909. The molecule has 2 heterocycles. The number of nitrogen functional groups attached to an aromatic ring is 1. The van der Waals surface area contributed by atoms with Gasteiger partial charge in [0.15, 0.2) is 5.58 Å². The van der Waals surface area contributed by atoms with E-state index in [-0.39, 0.29) is 0 Å². The molecule has 1 aromatic carbocycles. The molecule has 0 atom stereocenters. The topological polar surface area (TPSA) is 69.9 Å². The van der Waals surface area contributed by atoms with Crippen LogP contribution in [-0.4, -0.2) is 14.8 Å². The van der Waals surface area contributed by atoms with Crippen LogP contribution in [-0.2, 0) is 6.54 Å². The Bertz CT molecular complexity index is 673. The molecule has 0 unspecified atom stereocenters. The van der Waals surface area contributed by atoms with Gasteiger partial charge in [0, 0.05) is 18.0 Å². The Hall–Kier alpha value is -2.01. The van der Waals surface area contributed by atoms with Gasteiger partial charge in [0.1, 0.15) is 12.1 Å². The molecule has 0 aliphatic heterocycles. The molecule has 5 nitrogen and oxygen atoms in total. The van der Waals surface area contributed by atoms with Gasteiger partial charge in [0.2, 0.25) is 5.89 Å². The van der Waals surface area contributed by atoms with E-state index in [1.807, 2.05) is 6.07 Å². The van der Waals surface area contributed by atoms with Crippen molar-refractivity contribution in [3.8, 4) is 0 Å². The summed E-state index contributed by atoms with van der Waals surface area (Å²) in [6.45, 7) is 0.446. The number of nitrogens with two attached hydrogens (primary N) is 1. The first-order valence-electron chi connectivity index (χ1n) is 5.03. The maximum absolute atomic E-state index is 5.78. The smallest absolute Gasteiger partial charge is 0.217 e. The lowest BCUT2D eigenvalue weighted by atomic mass is 10.3. The number of fused-ring (bicyclic) bond motifs is 1. The molecular formula is C11H9ClN4O. The SMILES string of the molecule is Nc1ccc2nc(Cn3cc(Cl)cn3)oc2c1. The number of rotatable bonds is 2. The molecule has 0 saturated heterocycles. The van der Waals surface area contributed by atoms with Gasteiger partial charge in [-0.25, -0.2) is 4.98 Å². The lowest BCUT2D eigenvalue weighted by Crippen LogP contribution is -1.99. The molecule has 0 spiro atoms. The zero-order chi connectivity index (χ0) is 11.8. The molecule has 3 aromatic rings. The highest BCUT2D eigenvalue weighted by Gasteiger charge is 2.07. The number of hydrogen-bond acceptors (Lipinski definition) is 4. The fourth-order valence-electron chi connectivity index (χ4n) is 1.62. The molecule has 17 heavy (non-hydrogen) atoms. The molecule has 0 aliphatic rings. The third kappa shape index (κ3) is 1.97. The van der Waals surface area contributed by atoms with Gasteiger partial charge in [-0.1, -0.05) is 11.6 Å². The molecule has 0 aliphatic carbocycles. The molecule has 0 radical (unpaired) electrons. The Labute approximate surface area is 102 Å². The van der Waals surface area contributed by atoms with E-state index >= 15 is 0 Å². The first kappa shape index (κ1) is 10.2. The summed E-state index contributed by atoms with van der Waals surface area (Å²) in [5, 5.41) is 4.65. The summed E-state index contributed by atoms with van der Waals surface area (Å²) in [4.78, 5) is 4.33. The van der Waals surface area contributed by atoms with Crippen molar-refractivity contribution in [3.63, 3.8) is 0 Å². The summed E-state index contributed by atoms with van der Waals surface area (Å²) >= 11 is 5.78. The molecule has 2 N–H and O–H groups in total. The van der Waals surface area contributed by atoms with Gasteiger partial charge in [-0.05, 0) is 12.1 Å². The van der Waals surface area contributed by atoms with Crippen molar-refractivity contribution in [2.24, 2.45) is 0 Å². The maximum atomic E-state index is 5.78. The average Bonchev–Trinajstić information content (AvgIpc) is 2.84. The number of oxazole rings is 1. The van der Waals surface area contributed by atoms with Crippen LogP contribution in [0.15, 0.2) is 35.0 Å². The van der Waals surface area contributed by atoms with Gasteiger partial charge >= 0.3 is 0 Å². The van der Waals surface area contributed by atoms with Crippen LogP contribution in [0.25, 0.3) is 11.1 Å². The molecule has 0 amide bonds. The molecule has 86 valence electrons. The molecule has 0 fully saturated rings. The number of anilines is 1. The summed E-state index contributed by atoms with van der Waals surface area (Å²) in [5.74, 6) is 0.574. The van der Waals surface area contributed by atoms with E-state index in [2.05, 4.69) is 10.1 Å². The second-order valence-corrected chi connectivity index (χ2v) is 4.13. The Balaban J connectivity index is 1.95. The van der Waals surface area contributed by atoms with Crippen LogP contribution in [0, 0.1) is 0 Å². The summed E-state index contributed by atoms with van der Waals surface area (Å²) < 4.78 is 7.23. The zero-order valence-electron chi connectivity index (χ0n) is 8.80. The molecule has 0 bridgehead atoms. The lowest BCUT2D eigenvalue weighted by Gasteiger charge is -1.94. The highest BCUT2D eigenvalue weighted by Crippen LogP contribution is 2.19. The van der Waals surface area contributed by atoms with Gasteiger partial charge in [-0.3, -0.25) is 4.68 Å². The molecule has 6 heteroatoms. The van der Waals surface area contributed by atoms with E-state index in [1.54, 1.807) is 29.2 Å². The van der Waals surface area contributed by atoms with E-state index in [4.69, 9.17) is 21.8 Å². The van der Waals surface area contributed by atoms with Crippen molar-refractivity contribution in [1.82, 2.24) is 14.8 Å². The van der Waals surface area contributed by atoms with Crippen molar-refractivity contribution in [3.05, 3.63) is 41.5 Å². The van der Waals surface area contributed by atoms with Gasteiger partial charge in [-0.15, -0.1) is 0 Å². The first-order chi connectivity index (χ1) is 8.20. The fourth-order valence-corrected chi connectivity index (χ4v) is 1.78. The monoisotopic (exact) mass is 248 g/mol.